The van der Waals surface area contributed by atoms with Gasteiger partial charge in [-0.2, -0.15) is 0 Å². The molecule has 1 aromatic carbocycles. The summed E-state index contributed by atoms with van der Waals surface area (Å²) in [7, 11) is 1.36. The van der Waals surface area contributed by atoms with Crippen molar-refractivity contribution in [2.45, 2.75) is 6.42 Å². The lowest BCUT2D eigenvalue weighted by molar-refractivity contribution is 0.0599. The zero-order valence-electron chi connectivity index (χ0n) is 8.12. The van der Waals surface area contributed by atoms with Crippen LogP contribution in [-0.2, 0) is 11.2 Å². The highest BCUT2D eigenvalue weighted by Gasteiger charge is 2.10. The lowest BCUT2D eigenvalue weighted by atomic mass is 10.0. The van der Waals surface area contributed by atoms with Crippen molar-refractivity contribution in [1.29, 1.82) is 0 Å². The molecule has 0 atom stereocenters. The molecule has 1 rings (SSSR count). The van der Waals surface area contributed by atoms with Crippen molar-refractivity contribution < 1.29 is 9.53 Å². The summed E-state index contributed by atoms with van der Waals surface area (Å²) in [6.45, 7) is 3.62. The number of carbonyl (C=O) groups excluding carboxylic acids is 1. The smallest absolute Gasteiger partial charge is 0.338 e. The van der Waals surface area contributed by atoms with Crippen molar-refractivity contribution in [2.24, 2.45) is 0 Å². The van der Waals surface area contributed by atoms with E-state index in [2.05, 4.69) is 11.3 Å². The van der Waals surface area contributed by atoms with E-state index in [4.69, 9.17) is 5.73 Å². The van der Waals surface area contributed by atoms with Crippen molar-refractivity contribution in [2.75, 3.05) is 12.8 Å². The number of carbonyl (C=O) groups is 1. The van der Waals surface area contributed by atoms with Gasteiger partial charge in [-0.05, 0) is 30.2 Å². The van der Waals surface area contributed by atoms with Gasteiger partial charge in [-0.3, -0.25) is 0 Å². The summed E-state index contributed by atoms with van der Waals surface area (Å²) >= 11 is 0. The molecule has 0 aliphatic carbocycles. The Balaban J connectivity index is 3.13. The second kappa shape index (κ2) is 4.46. The first-order valence-corrected chi connectivity index (χ1v) is 4.26. The number of methoxy groups -OCH3 is 1. The molecular formula is C11H13NO2. The third-order valence-corrected chi connectivity index (χ3v) is 1.90. The molecule has 0 saturated carbocycles. The monoisotopic (exact) mass is 191 g/mol. The number of allylic oxidation sites excluding steroid dienone is 1. The van der Waals surface area contributed by atoms with Gasteiger partial charge < -0.3 is 10.5 Å². The van der Waals surface area contributed by atoms with Gasteiger partial charge in [0.1, 0.15) is 0 Å². The maximum absolute atomic E-state index is 11.3. The fourth-order valence-corrected chi connectivity index (χ4v) is 1.25. The number of rotatable bonds is 3. The van der Waals surface area contributed by atoms with E-state index in [-0.39, 0.29) is 5.97 Å². The molecule has 0 unspecified atom stereocenters. The first-order chi connectivity index (χ1) is 6.69. The minimum Gasteiger partial charge on any atom is -0.465 e. The van der Waals surface area contributed by atoms with Gasteiger partial charge in [-0.25, -0.2) is 4.79 Å². The number of benzene rings is 1. The standard InChI is InChI=1S/C11H13NO2/c1-3-4-8-7-9(12)5-6-10(8)11(13)14-2/h3,5-7H,1,4,12H2,2H3. The lowest BCUT2D eigenvalue weighted by Gasteiger charge is -2.06. The Labute approximate surface area is 83.2 Å². The summed E-state index contributed by atoms with van der Waals surface area (Å²) < 4.78 is 4.65. The second-order valence-electron chi connectivity index (χ2n) is 2.90. The van der Waals surface area contributed by atoms with Gasteiger partial charge in [0, 0.05) is 5.69 Å². The molecule has 0 bridgehead atoms. The number of anilines is 1. The quantitative estimate of drug-likeness (QED) is 0.450. The van der Waals surface area contributed by atoms with Crippen LogP contribution in [0.5, 0.6) is 0 Å². The molecular weight excluding hydrogens is 178 g/mol. The van der Waals surface area contributed by atoms with Crippen LogP contribution in [0.4, 0.5) is 5.69 Å². The Bertz CT molecular complexity index is 358. The largest absolute Gasteiger partial charge is 0.465 e. The summed E-state index contributed by atoms with van der Waals surface area (Å²) in [6.07, 6.45) is 2.33. The molecule has 0 aliphatic rings. The number of nitrogens with two attached hydrogens (primary N) is 1. The zero-order chi connectivity index (χ0) is 10.6. The third kappa shape index (κ3) is 2.13. The molecule has 0 spiro atoms. The normalized spacial score (nSPS) is 9.50. The first kappa shape index (κ1) is 10.3. The van der Waals surface area contributed by atoms with Crippen molar-refractivity contribution in [3.8, 4) is 0 Å². The SMILES string of the molecule is C=CCc1cc(N)ccc1C(=O)OC. The summed E-state index contributed by atoms with van der Waals surface area (Å²) in [5.41, 5.74) is 7.63. The van der Waals surface area contributed by atoms with Gasteiger partial charge in [0.2, 0.25) is 0 Å². The van der Waals surface area contributed by atoms with Crippen molar-refractivity contribution >= 4 is 11.7 Å². The van der Waals surface area contributed by atoms with E-state index in [0.717, 1.165) is 5.56 Å². The molecule has 0 heterocycles. The van der Waals surface area contributed by atoms with Gasteiger partial charge in [0.25, 0.3) is 0 Å². The van der Waals surface area contributed by atoms with Crippen LogP contribution in [0.1, 0.15) is 15.9 Å². The molecule has 0 aromatic heterocycles. The summed E-state index contributed by atoms with van der Waals surface area (Å²) in [5, 5.41) is 0. The molecule has 2 N–H and O–H groups in total. The van der Waals surface area contributed by atoms with Crippen molar-refractivity contribution in [3.63, 3.8) is 0 Å². The minimum atomic E-state index is -0.346. The van der Waals surface area contributed by atoms with E-state index in [1.807, 2.05) is 0 Å². The number of nitrogen functional groups attached to an aromatic ring is 1. The number of hydrogen-bond donors (Lipinski definition) is 1. The van der Waals surface area contributed by atoms with E-state index < -0.39 is 0 Å². The van der Waals surface area contributed by atoms with Gasteiger partial charge in [-0.1, -0.05) is 6.08 Å². The highest BCUT2D eigenvalue weighted by molar-refractivity contribution is 5.91. The number of ether oxygens (including phenoxy) is 1. The second-order valence-corrected chi connectivity index (χ2v) is 2.90. The fourth-order valence-electron chi connectivity index (χ4n) is 1.25. The Morgan fingerprint density at radius 2 is 2.36 bits per heavy atom. The van der Waals surface area contributed by atoms with Crippen LogP contribution in [0.2, 0.25) is 0 Å². The van der Waals surface area contributed by atoms with E-state index in [0.29, 0.717) is 17.7 Å². The highest BCUT2D eigenvalue weighted by atomic mass is 16.5. The number of hydrogen-bond acceptors (Lipinski definition) is 3. The predicted molar refractivity (Wildman–Crippen MR) is 56.1 cm³/mol. The highest BCUT2D eigenvalue weighted by Crippen LogP contribution is 2.15. The average Bonchev–Trinajstić information content (AvgIpc) is 2.17. The third-order valence-electron chi connectivity index (χ3n) is 1.90. The average molecular weight is 191 g/mol. The molecule has 1 aromatic rings. The van der Waals surface area contributed by atoms with Gasteiger partial charge >= 0.3 is 5.97 Å². The predicted octanol–water partition coefficient (Wildman–Crippen LogP) is 1.78. The molecule has 0 aliphatic heterocycles. The van der Waals surface area contributed by atoms with Crippen molar-refractivity contribution in [3.05, 3.63) is 42.0 Å². The fraction of sp³-hybridized carbons (Fsp3) is 0.182. The van der Waals surface area contributed by atoms with Gasteiger partial charge in [0.05, 0.1) is 12.7 Å². The molecule has 0 amide bonds. The Morgan fingerprint density at radius 1 is 1.64 bits per heavy atom. The van der Waals surface area contributed by atoms with Crippen LogP contribution in [-0.4, -0.2) is 13.1 Å². The van der Waals surface area contributed by atoms with Crippen LogP contribution in [0, 0.1) is 0 Å². The first-order valence-electron chi connectivity index (χ1n) is 4.26. The summed E-state index contributed by atoms with van der Waals surface area (Å²) in [5.74, 6) is -0.346. The maximum Gasteiger partial charge on any atom is 0.338 e. The van der Waals surface area contributed by atoms with E-state index in [1.54, 1.807) is 24.3 Å². The minimum absolute atomic E-state index is 0.346. The van der Waals surface area contributed by atoms with Crippen LogP contribution < -0.4 is 5.73 Å². The Hall–Kier alpha value is -1.77. The maximum atomic E-state index is 11.3. The summed E-state index contributed by atoms with van der Waals surface area (Å²) in [6, 6.07) is 5.10. The van der Waals surface area contributed by atoms with Gasteiger partial charge in [-0.15, -0.1) is 6.58 Å². The van der Waals surface area contributed by atoms with E-state index in [9.17, 15) is 4.79 Å². The van der Waals surface area contributed by atoms with E-state index >= 15 is 0 Å². The topological polar surface area (TPSA) is 52.3 Å². The molecule has 74 valence electrons. The zero-order valence-corrected chi connectivity index (χ0v) is 8.12. The van der Waals surface area contributed by atoms with Crippen molar-refractivity contribution in [1.82, 2.24) is 0 Å². The Morgan fingerprint density at radius 3 is 2.93 bits per heavy atom. The molecule has 0 fully saturated rings. The van der Waals surface area contributed by atoms with Crippen LogP contribution >= 0.6 is 0 Å². The van der Waals surface area contributed by atoms with Crippen LogP contribution in [0.3, 0.4) is 0 Å². The molecule has 14 heavy (non-hydrogen) atoms. The summed E-state index contributed by atoms with van der Waals surface area (Å²) in [4.78, 5) is 11.3. The molecule has 0 radical (unpaired) electrons. The van der Waals surface area contributed by atoms with Crippen LogP contribution in [0.15, 0.2) is 30.9 Å². The number of esters is 1. The molecule has 3 nitrogen and oxygen atoms in total. The molecule has 3 heteroatoms. The van der Waals surface area contributed by atoms with Crippen LogP contribution in [0.25, 0.3) is 0 Å². The lowest BCUT2D eigenvalue weighted by Crippen LogP contribution is -2.05. The van der Waals surface area contributed by atoms with E-state index in [1.165, 1.54) is 7.11 Å². The Kier molecular flexibility index (Phi) is 3.29. The van der Waals surface area contributed by atoms with Gasteiger partial charge in [0.15, 0.2) is 0 Å². The molecule has 0 saturated heterocycles.